The molecule has 210 valence electrons. The molecule has 41 heavy (non-hydrogen) atoms. The highest BCUT2D eigenvalue weighted by atomic mass is 35.5. The number of benzene rings is 3. The average molecular weight is 571 g/mol. The largest absolute Gasteiger partial charge is 0.368 e. The van der Waals surface area contributed by atoms with Gasteiger partial charge in [-0.2, -0.15) is 10.5 Å². The maximum atomic E-state index is 13.9. The van der Waals surface area contributed by atoms with Gasteiger partial charge in [0.25, 0.3) is 5.91 Å². The fourth-order valence-corrected chi connectivity index (χ4v) is 5.90. The molecule has 0 aliphatic carbocycles. The zero-order valence-electron chi connectivity index (χ0n) is 23.3. The van der Waals surface area contributed by atoms with Gasteiger partial charge in [-0.15, -0.1) is 0 Å². The number of hydrogen-bond acceptors (Lipinski definition) is 6. The number of anilines is 2. The quantitative estimate of drug-likeness (QED) is 0.423. The van der Waals surface area contributed by atoms with Crippen molar-refractivity contribution in [3.05, 3.63) is 92.8 Å². The molecule has 3 aromatic rings. The second-order valence-electron chi connectivity index (χ2n) is 10.7. The number of hydrogen-bond donors (Lipinski definition) is 0. The van der Waals surface area contributed by atoms with Crippen molar-refractivity contribution < 1.29 is 9.18 Å². The van der Waals surface area contributed by atoms with Crippen molar-refractivity contribution in [3.63, 3.8) is 0 Å². The van der Waals surface area contributed by atoms with Crippen LogP contribution in [0.15, 0.2) is 48.5 Å². The van der Waals surface area contributed by atoms with E-state index in [1.54, 1.807) is 0 Å². The molecule has 3 aromatic carbocycles. The number of amides is 1. The van der Waals surface area contributed by atoms with Crippen molar-refractivity contribution in [1.82, 2.24) is 9.80 Å². The van der Waals surface area contributed by atoms with Crippen molar-refractivity contribution in [3.8, 4) is 12.1 Å². The number of para-hydroxylation sites is 1. The van der Waals surface area contributed by atoms with Crippen molar-refractivity contribution >= 4 is 28.9 Å². The number of nitrogens with zero attached hydrogens (tertiary/aromatic N) is 6. The Kier molecular flexibility index (Phi) is 8.44. The monoisotopic (exact) mass is 570 g/mol. The highest BCUT2D eigenvalue weighted by molar-refractivity contribution is 6.31. The first-order valence-electron chi connectivity index (χ1n) is 13.8. The van der Waals surface area contributed by atoms with Crippen LogP contribution < -0.4 is 9.80 Å². The van der Waals surface area contributed by atoms with Gasteiger partial charge in [0.2, 0.25) is 0 Å². The minimum Gasteiger partial charge on any atom is -0.368 e. The van der Waals surface area contributed by atoms with Crippen LogP contribution in [0.4, 0.5) is 15.8 Å². The van der Waals surface area contributed by atoms with E-state index in [0.29, 0.717) is 43.0 Å². The molecule has 7 nitrogen and oxygen atoms in total. The van der Waals surface area contributed by atoms with Crippen molar-refractivity contribution in [2.24, 2.45) is 0 Å². The molecule has 0 radical (unpaired) electrons. The highest BCUT2D eigenvalue weighted by Crippen LogP contribution is 2.29. The Morgan fingerprint density at radius 3 is 2.15 bits per heavy atom. The SMILES string of the molecule is Cc1cc(C)c(C(=O)N2CCN(c3cc(Cl)c(F)cc3C#N)CC2)cc1CN1CCN(c2ccccc2C#N)CC1. The molecule has 9 heteroatoms. The van der Waals surface area contributed by atoms with Crippen LogP contribution >= 0.6 is 11.6 Å². The Bertz CT molecular complexity index is 1540. The Balaban J connectivity index is 1.24. The van der Waals surface area contributed by atoms with E-state index in [9.17, 15) is 19.7 Å². The Hall–Kier alpha value is -4.11. The van der Waals surface area contributed by atoms with Crippen LogP contribution in [-0.4, -0.2) is 68.1 Å². The Morgan fingerprint density at radius 1 is 0.829 bits per heavy atom. The van der Waals surface area contributed by atoms with Crippen molar-refractivity contribution in [2.75, 3.05) is 62.2 Å². The number of nitriles is 2. The molecule has 2 saturated heterocycles. The molecule has 2 aliphatic rings. The van der Waals surface area contributed by atoms with E-state index in [-0.39, 0.29) is 16.5 Å². The number of aryl methyl sites for hydroxylation is 2. The van der Waals surface area contributed by atoms with Crippen molar-refractivity contribution in [1.29, 1.82) is 10.5 Å². The van der Waals surface area contributed by atoms with Gasteiger partial charge >= 0.3 is 0 Å². The lowest BCUT2D eigenvalue weighted by molar-refractivity contribution is 0.0746. The predicted molar refractivity (Wildman–Crippen MR) is 159 cm³/mol. The number of rotatable bonds is 5. The summed E-state index contributed by atoms with van der Waals surface area (Å²) < 4.78 is 13.9. The lowest BCUT2D eigenvalue weighted by Crippen LogP contribution is -2.49. The third kappa shape index (κ3) is 6.00. The third-order valence-electron chi connectivity index (χ3n) is 8.11. The molecule has 0 saturated carbocycles. The van der Waals surface area contributed by atoms with Crippen LogP contribution in [0.5, 0.6) is 0 Å². The smallest absolute Gasteiger partial charge is 0.254 e. The number of piperazine rings is 2. The molecule has 0 unspecified atom stereocenters. The first-order valence-corrected chi connectivity index (χ1v) is 14.2. The van der Waals surface area contributed by atoms with E-state index in [2.05, 4.69) is 28.9 Å². The van der Waals surface area contributed by atoms with Gasteiger partial charge in [-0.3, -0.25) is 9.69 Å². The van der Waals surface area contributed by atoms with E-state index in [1.807, 2.05) is 53.1 Å². The van der Waals surface area contributed by atoms with Gasteiger partial charge in [0.05, 0.1) is 27.5 Å². The molecule has 0 aromatic heterocycles. The fraction of sp³-hybridized carbons (Fsp3) is 0.344. The maximum absolute atomic E-state index is 13.9. The van der Waals surface area contributed by atoms with E-state index in [1.165, 1.54) is 11.6 Å². The van der Waals surface area contributed by atoms with Crippen LogP contribution in [0.25, 0.3) is 0 Å². The average Bonchev–Trinajstić information content (AvgIpc) is 2.99. The summed E-state index contributed by atoms with van der Waals surface area (Å²) in [4.78, 5) is 22.1. The first-order chi connectivity index (χ1) is 19.8. The van der Waals surface area contributed by atoms with E-state index < -0.39 is 5.82 Å². The summed E-state index contributed by atoms with van der Waals surface area (Å²) >= 11 is 5.99. The second-order valence-corrected chi connectivity index (χ2v) is 11.1. The molecule has 1 amide bonds. The minimum atomic E-state index is -0.613. The topological polar surface area (TPSA) is 77.6 Å². The lowest BCUT2D eigenvalue weighted by atomic mass is 9.98. The fourth-order valence-electron chi connectivity index (χ4n) is 5.74. The summed E-state index contributed by atoms with van der Waals surface area (Å²) in [5.74, 6) is -0.614. The van der Waals surface area contributed by atoms with Crippen LogP contribution in [0.2, 0.25) is 5.02 Å². The summed E-state index contributed by atoms with van der Waals surface area (Å²) in [6.45, 7) is 10.3. The van der Waals surface area contributed by atoms with Crippen molar-refractivity contribution in [2.45, 2.75) is 20.4 Å². The Morgan fingerprint density at radius 2 is 1.46 bits per heavy atom. The van der Waals surface area contributed by atoms with Gasteiger partial charge in [0.15, 0.2) is 0 Å². The molecular weight excluding hydrogens is 539 g/mol. The molecule has 2 heterocycles. The van der Waals surface area contributed by atoms with Crippen LogP contribution in [0, 0.1) is 42.3 Å². The molecule has 2 fully saturated rings. The maximum Gasteiger partial charge on any atom is 0.254 e. The molecule has 0 atom stereocenters. The van der Waals surface area contributed by atoms with Crippen LogP contribution in [-0.2, 0) is 6.54 Å². The van der Waals surface area contributed by atoms with Gasteiger partial charge in [0.1, 0.15) is 18.0 Å². The van der Waals surface area contributed by atoms with Gasteiger partial charge in [-0.05, 0) is 60.9 Å². The molecule has 5 rings (SSSR count). The molecule has 0 N–H and O–H groups in total. The third-order valence-corrected chi connectivity index (χ3v) is 8.40. The molecule has 2 aliphatic heterocycles. The summed E-state index contributed by atoms with van der Waals surface area (Å²) in [6.07, 6.45) is 0. The first kappa shape index (κ1) is 28.4. The number of halogens is 2. The standard InChI is InChI=1S/C32H32ClFN6O/c1-22-15-23(2)27(16-26(22)21-37-7-9-38(10-8-37)30-6-4-3-5-24(30)19-35)32(41)40-13-11-39(12-14-40)31-18-28(33)29(34)17-25(31)20-36/h3-6,15-18H,7-14,21H2,1-2H3. The van der Waals surface area contributed by atoms with Crippen LogP contribution in [0.3, 0.4) is 0 Å². The lowest BCUT2D eigenvalue weighted by Gasteiger charge is -2.37. The predicted octanol–water partition coefficient (Wildman–Crippen LogP) is 5.12. The summed E-state index contributed by atoms with van der Waals surface area (Å²) in [6, 6.07) is 18.9. The zero-order chi connectivity index (χ0) is 29.1. The van der Waals surface area contributed by atoms with Gasteiger partial charge in [-0.1, -0.05) is 29.8 Å². The normalized spacial score (nSPS) is 15.9. The highest BCUT2D eigenvalue weighted by Gasteiger charge is 2.26. The summed E-state index contributed by atoms with van der Waals surface area (Å²) in [5.41, 5.74) is 6.49. The zero-order valence-corrected chi connectivity index (χ0v) is 24.1. The van der Waals surface area contributed by atoms with Gasteiger partial charge < -0.3 is 14.7 Å². The van der Waals surface area contributed by atoms with E-state index in [4.69, 9.17) is 11.6 Å². The molecule has 0 spiro atoms. The number of carbonyl (C=O) groups is 1. The summed E-state index contributed by atoms with van der Waals surface area (Å²) in [7, 11) is 0. The number of carbonyl (C=O) groups excluding carboxylic acids is 1. The van der Waals surface area contributed by atoms with E-state index in [0.717, 1.165) is 55.6 Å². The van der Waals surface area contributed by atoms with Gasteiger partial charge in [-0.25, -0.2) is 4.39 Å². The summed E-state index contributed by atoms with van der Waals surface area (Å²) in [5, 5.41) is 18.9. The second kappa shape index (κ2) is 12.2. The van der Waals surface area contributed by atoms with Crippen LogP contribution in [0.1, 0.15) is 38.2 Å². The molecular formula is C32H32ClFN6O. The minimum absolute atomic E-state index is 0.000949. The van der Waals surface area contributed by atoms with Gasteiger partial charge in [0, 0.05) is 64.5 Å². The Labute approximate surface area is 245 Å². The van der Waals surface area contributed by atoms with E-state index >= 15 is 0 Å². The molecule has 0 bridgehead atoms.